The summed E-state index contributed by atoms with van der Waals surface area (Å²) in [5, 5.41) is 12.3. The topological polar surface area (TPSA) is 52.6 Å². The Labute approximate surface area is 84.3 Å². The molecule has 0 saturated carbocycles. The number of hydrogen-bond donors (Lipinski definition) is 2. The van der Waals surface area contributed by atoms with E-state index in [0.717, 1.165) is 38.9 Å². The Morgan fingerprint density at radius 1 is 1.50 bits per heavy atom. The molecule has 4 nitrogen and oxygen atoms in total. The largest absolute Gasteiger partial charge is 0.394 e. The van der Waals surface area contributed by atoms with Crippen LogP contribution in [0.2, 0.25) is 0 Å². The number of likely N-dealkylation sites (tertiary alicyclic amines) is 1. The first-order valence-corrected chi connectivity index (χ1v) is 5.45. The van der Waals surface area contributed by atoms with E-state index < -0.39 is 0 Å². The van der Waals surface area contributed by atoms with Crippen LogP contribution in [0.15, 0.2) is 0 Å². The van der Waals surface area contributed by atoms with Gasteiger partial charge in [0.1, 0.15) is 0 Å². The van der Waals surface area contributed by atoms with Gasteiger partial charge in [0.15, 0.2) is 0 Å². The number of carbonyl (C=O) groups is 1. The Morgan fingerprint density at radius 2 is 2.36 bits per heavy atom. The quantitative estimate of drug-likeness (QED) is 0.633. The molecule has 0 aromatic carbocycles. The first-order chi connectivity index (χ1) is 6.83. The molecule has 2 aliphatic rings. The van der Waals surface area contributed by atoms with Crippen LogP contribution in [0, 0.1) is 5.92 Å². The van der Waals surface area contributed by atoms with Gasteiger partial charge in [-0.2, -0.15) is 0 Å². The van der Waals surface area contributed by atoms with Gasteiger partial charge in [0.25, 0.3) is 0 Å². The predicted octanol–water partition coefficient (Wildman–Crippen LogP) is -0.421. The summed E-state index contributed by atoms with van der Waals surface area (Å²) in [6.07, 6.45) is 2.95. The second-order valence-electron chi connectivity index (χ2n) is 4.20. The molecular formula is C10H18N2O2. The fourth-order valence-corrected chi connectivity index (χ4v) is 2.42. The summed E-state index contributed by atoms with van der Waals surface area (Å²) in [5.41, 5.74) is 0. The van der Waals surface area contributed by atoms with Crippen LogP contribution >= 0.6 is 0 Å². The third-order valence-electron chi connectivity index (χ3n) is 3.28. The average Bonchev–Trinajstić information content (AvgIpc) is 2.87. The average molecular weight is 198 g/mol. The van der Waals surface area contributed by atoms with E-state index in [0.29, 0.717) is 0 Å². The van der Waals surface area contributed by atoms with Gasteiger partial charge in [-0.15, -0.1) is 0 Å². The van der Waals surface area contributed by atoms with E-state index in [9.17, 15) is 4.79 Å². The fourth-order valence-electron chi connectivity index (χ4n) is 2.42. The maximum absolute atomic E-state index is 12.0. The number of nitrogens with zero attached hydrogens (tertiary/aromatic N) is 1. The molecule has 0 aliphatic carbocycles. The Morgan fingerprint density at radius 3 is 3.00 bits per heavy atom. The van der Waals surface area contributed by atoms with Crippen molar-refractivity contribution in [1.29, 1.82) is 0 Å². The minimum atomic E-state index is 0.0862. The summed E-state index contributed by atoms with van der Waals surface area (Å²) >= 11 is 0. The highest BCUT2D eigenvalue weighted by Gasteiger charge is 2.33. The van der Waals surface area contributed by atoms with Crippen molar-refractivity contribution in [3.05, 3.63) is 0 Å². The zero-order valence-corrected chi connectivity index (χ0v) is 8.41. The summed E-state index contributed by atoms with van der Waals surface area (Å²) in [5.74, 6) is 0.397. The van der Waals surface area contributed by atoms with Crippen molar-refractivity contribution in [3.63, 3.8) is 0 Å². The lowest BCUT2D eigenvalue weighted by atomic mass is 10.1. The van der Waals surface area contributed by atoms with Crippen molar-refractivity contribution in [3.8, 4) is 0 Å². The minimum Gasteiger partial charge on any atom is -0.394 e. The highest BCUT2D eigenvalue weighted by molar-refractivity contribution is 5.80. The molecule has 2 N–H and O–H groups in total. The molecule has 0 spiro atoms. The Hall–Kier alpha value is -0.610. The summed E-state index contributed by atoms with van der Waals surface area (Å²) in [4.78, 5) is 13.9. The molecule has 2 rings (SSSR count). The van der Waals surface area contributed by atoms with Crippen LogP contribution in [0.5, 0.6) is 0 Å². The molecule has 0 unspecified atom stereocenters. The van der Waals surface area contributed by atoms with Gasteiger partial charge in [-0.1, -0.05) is 0 Å². The molecule has 0 radical (unpaired) electrons. The van der Waals surface area contributed by atoms with Crippen molar-refractivity contribution in [1.82, 2.24) is 10.2 Å². The van der Waals surface area contributed by atoms with Gasteiger partial charge in [0.2, 0.25) is 5.91 Å². The predicted molar refractivity (Wildman–Crippen MR) is 52.8 cm³/mol. The lowest BCUT2D eigenvalue weighted by Crippen LogP contribution is -2.41. The maximum Gasteiger partial charge on any atom is 0.227 e. The van der Waals surface area contributed by atoms with Crippen LogP contribution in [0.3, 0.4) is 0 Å². The molecule has 4 heteroatoms. The summed E-state index contributed by atoms with van der Waals surface area (Å²) in [6, 6.07) is 0.0862. The molecule has 2 heterocycles. The Balaban J connectivity index is 1.95. The van der Waals surface area contributed by atoms with Gasteiger partial charge in [-0.05, 0) is 25.8 Å². The number of aliphatic hydroxyl groups excluding tert-OH is 1. The van der Waals surface area contributed by atoms with E-state index in [4.69, 9.17) is 5.11 Å². The molecular weight excluding hydrogens is 180 g/mol. The fraction of sp³-hybridized carbons (Fsp3) is 0.900. The lowest BCUT2D eigenvalue weighted by Gasteiger charge is -2.25. The molecule has 0 aromatic heterocycles. The van der Waals surface area contributed by atoms with E-state index in [1.807, 2.05) is 4.90 Å². The van der Waals surface area contributed by atoms with E-state index in [1.165, 1.54) is 0 Å². The number of aliphatic hydroxyl groups is 1. The highest BCUT2D eigenvalue weighted by Crippen LogP contribution is 2.21. The third kappa shape index (κ3) is 1.77. The minimum absolute atomic E-state index is 0.0862. The standard InChI is InChI=1S/C10H18N2O2/c13-7-9-2-1-5-12(9)10(14)8-3-4-11-6-8/h8-9,11,13H,1-7H2/t8-,9-/m0/s1. The van der Waals surface area contributed by atoms with Crippen molar-refractivity contribution in [2.45, 2.75) is 25.3 Å². The molecule has 1 amide bonds. The number of nitrogens with one attached hydrogen (secondary N) is 1. The molecule has 14 heavy (non-hydrogen) atoms. The number of rotatable bonds is 2. The van der Waals surface area contributed by atoms with Crippen LogP contribution in [0.25, 0.3) is 0 Å². The molecule has 2 fully saturated rings. The SMILES string of the molecule is O=C([C@H]1CCNC1)N1CCC[C@H]1CO. The van der Waals surface area contributed by atoms with Crippen LogP contribution < -0.4 is 5.32 Å². The zero-order valence-electron chi connectivity index (χ0n) is 8.41. The molecule has 0 aromatic rings. The van der Waals surface area contributed by atoms with Crippen LogP contribution in [-0.2, 0) is 4.79 Å². The van der Waals surface area contributed by atoms with Gasteiger partial charge in [0.05, 0.1) is 18.6 Å². The van der Waals surface area contributed by atoms with E-state index in [1.54, 1.807) is 0 Å². The number of amides is 1. The lowest BCUT2D eigenvalue weighted by molar-refractivity contribution is -0.136. The van der Waals surface area contributed by atoms with E-state index >= 15 is 0 Å². The monoisotopic (exact) mass is 198 g/mol. The van der Waals surface area contributed by atoms with Gasteiger partial charge in [0, 0.05) is 13.1 Å². The summed E-state index contributed by atoms with van der Waals surface area (Å²) < 4.78 is 0. The van der Waals surface area contributed by atoms with E-state index in [2.05, 4.69) is 5.32 Å². The number of carbonyl (C=O) groups excluding carboxylic acids is 1. The smallest absolute Gasteiger partial charge is 0.227 e. The maximum atomic E-state index is 12.0. The van der Waals surface area contributed by atoms with Crippen molar-refractivity contribution in [2.24, 2.45) is 5.92 Å². The van der Waals surface area contributed by atoms with E-state index in [-0.39, 0.29) is 24.5 Å². The molecule has 2 saturated heterocycles. The Bertz CT molecular complexity index is 214. The van der Waals surface area contributed by atoms with Crippen LogP contribution in [0.1, 0.15) is 19.3 Å². The first-order valence-electron chi connectivity index (χ1n) is 5.45. The zero-order chi connectivity index (χ0) is 9.97. The molecule has 2 aliphatic heterocycles. The van der Waals surface area contributed by atoms with Crippen molar-refractivity contribution < 1.29 is 9.90 Å². The third-order valence-corrected chi connectivity index (χ3v) is 3.28. The molecule has 80 valence electrons. The highest BCUT2D eigenvalue weighted by atomic mass is 16.3. The van der Waals surface area contributed by atoms with Crippen LogP contribution in [0.4, 0.5) is 0 Å². The number of hydrogen-bond acceptors (Lipinski definition) is 3. The van der Waals surface area contributed by atoms with Crippen LogP contribution in [-0.4, -0.2) is 48.2 Å². The van der Waals surface area contributed by atoms with Gasteiger partial charge in [-0.3, -0.25) is 4.79 Å². The Kier molecular flexibility index (Phi) is 3.03. The van der Waals surface area contributed by atoms with Gasteiger partial charge in [-0.25, -0.2) is 0 Å². The van der Waals surface area contributed by atoms with Crippen molar-refractivity contribution >= 4 is 5.91 Å². The van der Waals surface area contributed by atoms with Crippen molar-refractivity contribution in [2.75, 3.05) is 26.2 Å². The van der Waals surface area contributed by atoms with Gasteiger partial charge < -0.3 is 15.3 Å². The summed E-state index contributed by atoms with van der Waals surface area (Å²) in [6.45, 7) is 2.72. The molecule has 2 atom stereocenters. The second-order valence-corrected chi connectivity index (χ2v) is 4.20. The normalized spacial score (nSPS) is 32.5. The summed E-state index contributed by atoms with van der Waals surface area (Å²) in [7, 11) is 0. The first kappa shape index (κ1) is 9.93. The molecule has 0 bridgehead atoms. The second kappa shape index (κ2) is 4.28. The van der Waals surface area contributed by atoms with Gasteiger partial charge >= 0.3 is 0 Å².